The first-order valence-corrected chi connectivity index (χ1v) is 9.89. The number of fused-ring (bicyclic) bond motifs is 1. The summed E-state index contributed by atoms with van der Waals surface area (Å²) in [6.07, 6.45) is 3.74. The predicted octanol–water partition coefficient (Wildman–Crippen LogP) is 4.57. The number of aromatic nitrogens is 1. The van der Waals surface area contributed by atoms with Crippen LogP contribution in [0.4, 0.5) is 0 Å². The number of para-hydroxylation sites is 1. The van der Waals surface area contributed by atoms with Crippen LogP contribution in [-0.2, 0) is 6.54 Å². The molecule has 2 heterocycles. The smallest absolute Gasteiger partial charge is 0.166 e. The van der Waals surface area contributed by atoms with Gasteiger partial charge in [-0.15, -0.1) is 0 Å². The summed E-state index contributed by atoms with van der Waals surface area (Å²) in [6, 6.07) is 20.3. The quantitative estimate of drug-likeness (QED) is 0.393. The maximum absolute atomic E-state index is 5.47. The normalized spacial score (nSPS) is 11.9. The lowest BCUT2D eigenvalue weighted by Crippen LogP contribution is -2.37. The summed E-state index contributed by atoms with van der Waals surface area (Å²) in [4.78, 5) is 3.38. The van der Waals surface area contributed by atoms with E-state index in [1.807, 2.05) is 30.3 Å². The minimum Gasteiger partial charge on any atom is -0.497 e. The van der Waals surface area contributed by atoms with E-state index >= 15 is 0 Å². The van der Waals surface area contributed by atoms with E-state index in [-0.39, 0.29) is 5.92 Å². The van der Waals surface area contributed by atoms with Crippen molar-refractivity contribution in [1.82, 2.24) is 15.6 Å². The molecule has 0 unspecified atom stereocenters. The van der Waals surface area contributed by atoms with Crippen molar-refractivity contribution in [3.8, 4) is 5.75 Å². The van der Waals surface area contributed by atoms with Crippen molar-refractivity contribution >= 4 is 28.2 Å². The highest BCUT2D eigenvalue weighted by Crippen LogP contribution is 2.31. The number of nitrogens with one attached hydrogen (secondary N) is 3. The molecule has 0 aliphatic heterocycles. The Morgan fingerprint density at radius 3 is 2.66 bits per heavy atom. The first-order chi connectivity index (χ1) is 14.2. The number of methoxy groups -OCH3 is 1. The molecule has 6 heteroatoms. The lowest BCUT2D eigenvalue weighted by Gasteiger charge is -2.20. The summed E-state index contributed by atoms with van der Waals surface area (Å²) < 4.78 is 10.7. The fourth-order valence-corrected chi connectivity index (χ4v) is 3.62. The van der Waals surface area contributed by atoms with E-state index in [1.54, 1.807) is 13.4 Å². The van der Waals surface area contributed by atoms with Gasteiger partial charge in [0.1, 0.15) is 11.5 Å². The molecule has 0 amide bonds. The molecule has 0 aliphatic carbocycles. The van der Waals surface area contributed by atoms with Crippen molar-refractivity contribution < 1.29 is 9.15 Å². The minimum atomic E-state index is 0.125. The maximum atomic E-state index is 5.47. The van der Waals surface area contributed by atoms with Crippen LogP contribution >= 0.6 is 12.2 Å². The summed E-state index contributed by atoms with van der Waals surface area (Å²) >= 11 is 5.47. The Hall–Kier alpha value is -3.25. The minimum absolute atomic E-state index is 0.125. The summed E-state index contributed by atoms with van der Waals surface area (Å²) in [5.74, 6) is 1.81. The van der Waals surface area contributed by atoms with Crippen LogP contribution in [0.25, 0.3) is 10.9 Å². The molecule has 0 saturated carbocycles. The van der Waals surface area contributed by atoms with Crippen molar-refractivity contribution in [1.29, 1.82) is 0 Å². The van der Waals surface area contributed by atoms with Crippen LogP contribution in [-0.4, -0.2) is 23.8 Å². The Bertz CT molecular complexity index is 1070. The zero-order valence-corrected chi connectivity index (χ0v) is 17.0. The van der Waals surface area contributed by atoms with Crippen LogP contribution in [0.2, 0.25) is 0 Å². The molecule has 0 aliphatic rings. The fourth-order valence-electron chi connectivity index (χ4n) is 3.46. The Balaban J connectivity index is 1.54. The van der Waals surface area contributed by atoms with Gasteiger partial charge in [-0.2, -0.15) is 0 Å². The number of furan rings is 1. The van der Waals surface area contributed by atoms with Crippen molar-refractivity contribution in [2.75, 3.05) is 13.7 Å². The summed E-state index contributed by atoms with van der Waals surface area (Å²) in [5.41, 5.74) is 3.54. The number of ether oxygens (including phenoxy) is 1. The van der Waals surface area contributed by atoms with Gasteiger partial charge in [-0.1, -0.05) is 30.3 Å². The average Bonchev–Trinajstić information content (AvgIpc) is 3.43. The molecule has 4 aromatic rings. The predicted molar refractivity (Wildman–Crippen MR) is 119 cm³/mol. The number of H-pyrrole nitrogens is 1. The number of hydrogen-bond acceptors (Lipinski definition) is 3. The van der Waals surface area contributed by atoms with E-state index in [9.17, 15) is 0 Å². The second-order valence-electron chi connectivity index (χ2n) is 6.76. The zero-order valence-electron chi connectivity index (χ0n) is 16.1. The third kappa shape index (κ3) is 4.43. The molecule has 3 N–H and O–H groups in total. The van der Waals surface area contributed by atoms with E-state index in [2.05, 4.69) is 52.1 Å². The Morgan fingerprint density at radius 2 is 1.90 bits per heavy atom. The number of aromatic amines is 1. The number of benzene rings is 2. The monoisotopic (exact) mass is 405 g/mol. The van der Waals surface area contributed by atoms with Gasteiger partial charge < -0.3 is 24.8 Å². The number of rotatable bonds is 7. The molecule has 0 saturated heterocycles. The van der Waals surface area contributed by atoms with Crippen molar-refractivity contribution in [2.24, 2.45) is 0 Å². The van der Waals surface area contributed by atoms with E-state index in [0.29, 0.717) is 18.2 Å². The summed E-state index contributed by atoms with van der Waals surface area (Å²) in [6.45, 7) is 1.22. The third-order valence-corrected chi connectivity index (χ3v) is 5.27. The second kappa shape index (κ2) is 8.84. The third-order valence-electron chi connectivity index (χ3n) is 4.98. The first kappa shape index (κ1) is 19.1. The number of thiocarbonyl (C=S) groups is 1. The molecule has 148 valence electrons. The van der Waals surface area contributed by atoms with Crippen LogP contribution in [0, 0.1) is 0 Å². The molecular weight excluding hydrogens is 382 g/mol. The maximum Gasteiger partial charge on any atom is 0.166 e. The van der Waals surface area contributed by atoms with E-state index in [4.69, 9.17) is 21.4 Å². The second-order valence-corrected chi connectivity index (χ2v) is 7.17. The molecule has 2 aromatic carbocycles. The van der Waals surface area contributed by atoms with Crippen molar-refractivity contribution in [2.45, 2.75) is 12.5 Å². The first-order valence-electron chi connectivity index (χ1n) is 9.48. The van der Waals surface area contributed by atoms with Crippen LogP contribution < -0.4 is 15.4 Å². The summed E-state index contributed by atoms with van der Waals surface area (Å²) in [7, 11) is 1.68. The topological polar surface area (TPSA) is 62.2 Å². The van der Waals surface area contributed by atoms with Gasteiger partial charge in [-0.25, -0.2) is 0 Å². The van der Waals surface area contributed by atoms with Crippen LogP contribution in [0.15, 0.2) is 77.5 Å². The van der Waals surface area contributed by atoms with Gasteiger partial charge in [0.05, 0.1) is 19.9 Å². The van der Waals surface area contributed by atoms with Gasteiger partial charge in [-0.05, 0) is 53.7 Å². The molecule has 2 aromatic heterocycles. The Morgan fingerprint density at radius 1 is 1.07 bits per heavy atom. The van der Waals surface area contributed by atoms with E-state index < -0.39 is 0 Å². The van der Waals surface area contributed by atoms with Gasteiger partial charge in [0.15, 0.2) is 5.11 Å². The fraction of sp³-hybridized carbons (Fsp3) is 0.174. The standard InChI is InChI=1S/C23H23N3O2S/c1-27-17-10-8-16(9-11-17)20(21-15-24-22-7-3-2-6-19(21)22)14-26-23(29)25-13-18-5-4-12-28-18/h2-12,15,20,24H,13-14H2,1H3,(H2,25,26,29)/t20-/m1/s1. The molecule has 0 spiro atoms. The van der Waals surface area contributed by atoms with Gasteiger partial charge in [0.25, 0.3) is 0 Å². The zero-order chi connectivity index (χ0) is 20.1. The molecular formula is C23H23N3O2S. The largest absolute Gasteiger partial charge is 0.497 e. The van der Waals surface area contributed by atoms with Gasteiger partial charge in [0, 0.05) is 29.6 Å². The van der Waals surface area contributed by atoms with Crippen molar-refractivity contribution in [3.63, 3.8) is 0 Å². The molecule has 4 rings (SSSR count). The molecule has 29 heavy (non-hydrogen) atoms. The Labute approximate surface area is 175 Å². The lowest BCUT2D eigenvalue weighted by atomic mass is 9.91. The van der Waals surface area contributed by atoms with Crippen LogP contribution in [0.5, 0.6) is 5.75 Å². The number of hydrogen-bond donors (Lipinski definition) is 3. The molecule has 1 atom stereocenters. The molecule has 0 radical (unpaired) electrons. The lowest BCUT2D eigenvalue weighted by molar-refractivity contribution is 0.414. The van der Waals surface area contributed by atoms with Crippen molar-refractivity contribution in [3.05, 3.63) is 90.0 Å². The molecule has 5 nitrogen and oxygen atoms in total. The van der Waals surface area contributed by atoms with E-state index in [0.717, 1.165) is 17.0 Å². The van der Waals surface area contributed by atoms with Gasteiger partial charge >= 0.3 is 0 Å². The Kier molecular flexibility index (Phi) is 5.81. The van der Waals surface area contributed by atoms with Gasteiger partial charge in [0.2, 0.25) is 0 Å². The average molecular weight is 406 g/mol. The highest BCUT2D eigenvalue weighted by atomic mass is 32.1. The highest BCUT2D eigenvalue weighted by Gasteiger charge is 2.18. The van der Waals surface area contributed by atoms with Crippen LogP contribution in [0.3, 0.4) is 0 Å². The SMILES string of the molecule is COc1ccc([C@@H](CNC(=S)NCc2ccco2)c2c[nH]c3ccccc23)cc1. The molecule has 0 fully saturated rings. The summed E-state index contributed by atoms with van der Waals surface area (Å²) in [5, 5.41) is 8.36. The van der Waals surface area contributed by atoms with Gasteiger partial charge in [-0.3, -0.25) is 0 Å². The molecule has 0 bridgehead atoms. The van der Waals surface area contributed by atoms with Crippen LogP contribution in [0.1, 0.15) is 22.8 Å². The van der Waals surface area contributed by atoms with E-state index in [1.165, 1.54) is 16.5 Å². The highest BCUT2D eigenvalue weighted by molar-refractivity contribution is 7.80.